The number of para-hydroxylation sites is 1. The largest absolute Gasteiger partial charge is 0.454 e. The van der Waals surface area contributed by atoms with Gasteiger partial charge in [-0.2, -0.15) is 0 Å². The van der Waals surface area contributed by atoms with Gasteiger partial charge in [0.15, 0.2) is 6.61 Å². The lowest BCUT2D eigenvalue weighted by Crippen LogP contribution is -2.48. The molecule has 1 aromatic carbocycles. The number of hydrogen-bond acceptors (Lipinski definition) is 4. The number of carbonyl (C=O) groups is 3. The number of hydrogen-bond donors (Lipinski definition) is 2. The van der Waals surface area contributed by atoms with E-state index in [2.05, 4.69) is 10.6 Å². The first kappa shape index (κ1) is 20.7. The maximum atomic E-state index is 12.4. The van der Waals surface area contributed by atoms with Gasteiger partial charge in [-0.15, -0.1) is 0 Å². The van der Waals surface area contributed by atoms with Gasteiger partial charge in [0.2, 0.25) is 0 Å². The molecule has 0 saturated carbocycles. The highest BCUT2D eigenvalue weighted by Crippen LogP contribution is 2.16. The van der Waals surface area contributed by atoms with Crippen LogP contribution in [0.1, 0.15) is 40.0 Å². The summed E-state index contributed by atoms with van der Waals surface area (Å²) < 4.78 is 5.21. The van der Waals surface area contributed by atoms with Gasteiger partial charge in [0.1, 0.15) is 6.04 Å². The van der Waals surface area contributed by atoms with E-state index in [1.807, 2.05) is 26.8 Å². The van der Waals surface area contributed by atoms with Gasteiger partial charge in [-0.25, -0.2) is 9.59 Å². The van der Waals surface area contributed by atoms with E-state index in [1.165, 1.54) is 0 Å². The number of likely N-dealkylation sites (tertiary alicyclic amines) is 1. The van der Waals surface area contributed by atoms with Crippen LogP contribution in [0.3, 0.4) is 0 Å². The molecule has 7 nitrogen and oxygen atoms in total. The minimum absolute atomic E-state index is 0.167. The Balaban J connectivity index is 1.86. The Morgan fingerprint density at radius 1 is 1.19 bits per heavy atom. The van der Waals surface area contributed by atoms with Crippen molar-refractivity contribution in [3.63, 3.8) is 0 Å². The topological polar surface area (TPSA) is 87.7 Å². The van der Waals surface area contributed by atoms with Gasteiger partial charge in [0, 0.05) is 18.3 Å². The van der Waals surface area contributed by atoms with E-state index in [0.717, 1.165) is 19.3 Å². The van der Waals surface area contributed by atoms with Gasteiger partial charge >= 0.3 is 12.0 Å². The molecule has 7 heteroatoms. The van der Waals surface area contributed by atoms with Gasteiger partial charge in [-0.3, -0.25) is 4.79 Å². The number of benzene rings is 1. The number of amides is 3. The van der Waals surface area contributed by atoms with Crippen LogP contribution >= 0.6 is 0 Å². The van der Waals surface area contributed by atoms with Crippen LogP contribution in [0, 0.1) is 5.92 Å². The van der Waals surface area contributed by atoms with Gasteiger partial charge in [0.25, 0.3) is 5.91 Å². The summed E-state index contributed by atoms with van der Waals surface area (Å²) >= 11 is 0. The first-order chi connectivity index (χ1) is 12.9. The molecule has 2 N–H and O–H groups in total. The third-order valence-electron chi connectivity index (χ3n) is 4.70. The molecule has 1 aliphatic heterocycles. The predicted octanol–water partition coefficient (Wildman–Crippen LogP) is 2.78. The van der Waals surface area contributed by atoms with Gasteiger partial charge in [-0.1, -0.05) is 32.0 Å². The molecule has 0 unspecified atom stereocenters. The van der Waals surface area contributed by atoms with Crippen molar-refractivity contribution in [2.75, 3.05) is 18.5 Å². The zero-order valence-electron chi connectivity index (χ0n) is 16.2. The van der Waals surface area contributed by atoms with E-state index in [9.17, 15) is 14.4 Å². The van der Waals surface area contributed by atoms with Crippen LogP contribution < -0.4 is 10.6 Å². The molecule has 1 saturated heterocycles. The minimum atomic E-state index is -0.833. The Morgan fingerprint density at radius 3 is 2.52 bits per heavy atom. The van der Waals surface area contributed by atoms with Gasteiger partial charge in [-0.05, 0) is 44.2 Å². The number of ether oxygens (including phenoxy) is 1. The van der Waals surface area contributed by atoms with Crippen molar-refractivity contribution in [1.29, 1.82) is 0 Å². The number of nitrogens with zero attached hydrogens (tertiary/aromatic N) is 1. The van der Waals surface area contributed by atoms with Crippen LogP contribution in [-0.4, -0.2) is 48.0 Å². The molecule has 0 aromatic heterocycles. The van der Waals surface area contributed by atoms with Crippen LogP contribution in [0.4, 0.5) is 10.5 Å². The van der Waals surface area contributed by atoms with Gasteiger partial charge in [0.05, 0.1) is 0 Å². The highest BCUT2D eigenvalue weighted by molar-refractivity contribution is 5.93. The molecule has 0 bridgehead atoms. The summed E-state index contributed by atoms with van der Waals surface area (Å²) in [7, 11) is 0. The first-order valence-electron chi connectivity index (χ1n) is 9.47. The molecule has 0 spiro atoms. The van der Waals surface area contributed by atoms with E-state index in [4.69, 9.17) is 4.74 Å². The summed E-state index contributed by atoms with van der Waals surface area (Å²) in [6.45, 7) is 6.02. The number of rotatable bonds is 6. The highest BCUT2D eigenvalue weighted by Gasteiger charge is 2.28. The second-order valence-electron chi connectivity index (χ2n) is 7.23. The quantitative estimate of drug-likeness (QED) is 0.749. The molecular weight excluding hydrogens is 346 g/mol. The Morgan fingerprint density at radius 2 is 1.89 bits per heavy atom. The fraction of sp³-hybridized carbons (Fsp3) is 0.550. The molecule has 0 aliphatic carbocycles. The molecule has 2 rings (SSSR count). The van der Waals surface area contributed by atoms with Crippen LogP contribution in [-0.2, 0) is 14.3 Å². The van der Waals surface area contributed by atoms with Crippen molar-refractivity contribution in [2.24, 2.45) is 5.92 Å². The van der Waals surface area contributed by atoms with Crippen LogP contribution in [0.5, 0.6) is 0 Å². The van der Waals surface area contributed by atoms with Crippen LogP contribution in [0.15, 0.2) is 30.3 Å². The van der Waals surface area contributed by atoms with Crippen molar-refractivity contribution < 1.29 is 19.1 Å². The number of urea groups is 1. The van der Waals surface area contributed by atoms with E-state index in [1.54, 1.807) is 29.2 Å². The Kier molecular flexibility index (Phi) is 7.64. The SMILES string of the molecule is CC(C)[C@H](NC(=O)Nc1ccccc1)C(=O)OCC(=O)N1CCCC[C@H]1C. The number of carbonyl (C=O) groups excluding carboxylic acids is 3. The molecule has 27 heavy (non-hydrogen) atoms. The summed E-state index contributed by atoms with van der Waals surface area (Å²) in [6.07, 6.45) is 3.05. The minimum Gasteiger partial charge on any atom is -0.454 e. The summed E-state index contributed by atoms with van der Waals surface area (Å²) in [5.74, 6) is -0.971. The average molecular weight is 375 g/mol. The molecule has 1 heterocycles. The van der Waals surface area contributed by atoms with Crippen molar-refractivity contribution in [3.05, 3.63) is 30.3 Å². The van der Waals surface area contributed by atoms with E-state index in [0.29, 0.717) is 12.2 Å². The Bertz CT molecular complexity index is 648. The Labute approximate surface area is 160 Å². The summed E-state index contributed by atoms with van der Waals surface area (Å²) in [5, 5.41) is 5.30. The zero-order chi connectivity index (χ0) is 19.8. The van der Waals surface area contributed by atoms with Crippen molar-refractivity contribution in [3.8, 4) is 0 Å². The standard InChI is InChI=1S/C20H29N3O4/c1-14(2)18(22-20(26)21-16-10-5-4-6-11-16)19(25)27-13-17(24)23-12-8-7-9-15(23)3/h4-6,10-11,14-15,18H,7-9,12-13H2,1-3H3,(H2,21,22,26)/t15-,18+/m1/s1. The van der Waals surface area contributed by atoms with E-state index >= 15 is 0 Å². The molecule has 3 amide bonds. The molecule has 148 valence electrons. The van der Waals surface area contributed by atoms with E-state index < -0.39 is 18.0 Å². The predicted molar refractivity (Wildman–Crippen MR) is 103 cm³/mol. The zero-order valence-corrected chi connectivity index (χ0v) is 16.2. The monoisotopic (exact) mass is 375 g/mol. The molecule has 1 aromatic rings. The summed E-state index contributed by atoms with van der Waals surface area (Å²) in [6, 6.07) is 7.79. The third-order valence-corrected chi connectivity index (χ3v) is 4.70. The smallest absolute Gasteiger partial charge is 0.329 e. The fourth-order valence-electron chi connectivity index (χ4n) is 3.10. The number of esters is 1. The van der Waals surface area contributed by atoms with Crippen LogP contribution in [0.2, 0.25) is 0 Å². The first-order valence-corrected chi connectivity index (χ1v) is 9.47. The second-order valence-corrected chi connectivity index (χ2v) is 7.23. The average Bonchev–Trinajstić information content (AvgIpc) is 2.65. The number of nitrogens with one attached hydrogen (secondary N) is 2. The van der Waals surface area contributed by atoms with Crippen LogP contribution in [0.25, 0.3) is 0 Å². The molecule has 1 aliphatic rings. The second kappa shape index (κ2) is 9.94. The van der Waals surface area contributed by atoms with E-state index in [-0.39, 0.29) is 24.5 Å². The maximum absolute atomic E-state index is 12.4. The molecule has 0 radical (unpaired) electrons. The van der Waals surface area contributed by atoms with Crippen molar-refractivity contribution in [2.45, 2.75) is 52.1 Å². The molecular formula is C20H29N3O4. The maximum Gasteiger partial charge on any atom is 0.329 e. The lowest BCUT2D eigenvalue weighted by atomic mass is 10.0. The van der Waals surface area contributed by atoms with Crippen molar-refractivity contribution >= 4 is 23.6 Å². The number of piperidine rings is 1. The molecule has 2 atom stereocenters. The normalized spacial score (nSPS) is 17.9. The van der Waals surface area contributed by atoms with Crippen molar-refractivity contribution in [1.82, 2.24) is 10.2 Å². The lowest BCUT2D eigenvalue weighted by Gasteiger charge is -2.33. The van der Waals surface area contributed by atoms with Gasteiger partial charge < -0.3 is 20.3 Å². The Hall–Kier alpha value is -2.57. The summed E-state index contributed by atoms with van der Waals surface area (Å²) in [4.78, 5) is 38.6. The highest BCUT2D eigenvalue weighted by atomic mass is 16.5. The fourth-order valence-corrected chi connectivity index (χ4v) is 3.10. The number of anilines is 1. The third kappa shape index (κ3) is 6.27. The summed E-state index contributed by atoms with van der Waals surface area (Å²) in [5.41, 5.74) is 0.625. The molecule has 1 fully saturated rings. The lowest BCUT2D eigenvalue weighted by molar-refractivity contribution is -0.155.